The van der Waals surface area contributed by atoms with Crippen LogP contribution in [0.4, 0.5) is 0 Å². The van der Waals surface area contributed by atoms with Crippen molar-refractivity contribution in [2.75, 3.05) is 40.3 Å². The summed E-state index contributed by atoms with van der Waals surface area (Å²) in [6.45, 7) is 4.37. The molecular weight excluding hydrogens is 512 g/mol. The normalized spacial score (nSPS) is 14.3. The van der Waals surface area contributed by atoms with Gasteiger partial charge in [-0.3, -0.25) is 4.90 Å². The van der Waals surface area contributed by atoms with Crippen LogP contribution in [0.1, 0.15) is 36.0 Å². The predicted octanol–water partition coefficient (Wildman–Crippen LogP) is 6.34. The zero-order valence-electron chi connectivity index (χ0n) is 22.6. The quantitative estimate of drug-likeness (QED) is 0.247. The number of hydrogen-bond acceptors (Lipinski definition) is 6. The zero-order chi connectivity index (χ0) is 27.4. The summed E-state index contributed by atoms with van der Waals surface area (Å²) in [6.07, 6.45) is 4.39. The smallest absolute Gasteiger partial charge is 0.344 e. The molecule has 0 aliphatic carbocycles. The summed E-state index contributed by atoms with van der Waals surface area (Å²) in [5, 5.41) is 12.0. The van der Waals surface area contributed by atoms with E-state index in [2.05, 4.69) is 4.90 Å². The third-order valence-corrected chi connectivity index (χ3v) is 7.55. The summed E-state index contributed by atoms with van der Waals surface area (Å²) in [6, 6.07) is 18.8. The van der Waals surface area contributed by atoms with E-state index >= 15 is 0 Å². The second-order valence-electron chi connectivity index (χ2n) is 10.5. The zero-order valence-corrected chi connectivity index (χ0v) is 23.3. The molecule has 204 valence electrons. The first-order valence-electron chi connectivity index (χ1n) is 13.5. The van der Waals surface area contributed by atoms with Gasteiger partial charge in [-0.25, -0.2) is 4.79 Å². The Morgan fingerprint density at radius 1 is 0.949 bits per heavy atom. The molecule has 0 radical (unpaired) electrons. The number of benzene rings is 3. The van der Waals surface area contributed by atoms with E-state index in [9.17, 15) is 9.90 Å². The average Bonchev–Trinajstić information content (AvgIpc) is 2.93. The minimum absolute atomic E-state index is 0.107. The molecule has 1 aliphatic heterocycles. The van der Waals surface area contributed by atoms with E-state index in [0.717, 1.165) is 47.5 Å². The fourth-order valence-corrected chi connectivity index (χ4v) is 5.44. The molecule has 7 heteroatoms. The molecule has 4 aromatic rings. The van der Waals surface area contributed by atoms with Gasteiger partial charge in [0.2, 0.25) is 0 Å². The molecule has 0 unspecified atom stereocenters. The van der Waals surface area contributed by atoms with Gasteiger partial charge in [0.15, 0.2) is 0 Å². The molecule has 0 amide bonds. The van der Waals surface area contributed by atoms with Gasteiger partial charge >= 0.3 is 5.63 Å². The number of ether oxygens (including phenoxy) is 1. The van der Waals surface area contributed by atoms with Crippen molar-refractivity contribution in [3.05, 3.63) is 92.8 Å². The van der Waals surface area contributed by atoms with Crippen molar-refractivity contribution in [1.82, 2.24) is 9.80 Å². The minimum Gasteiger partial charge on any atom is -0.507 e. The van der Waals surface area contributed by atoms with Crippen LogP contribution >= 0.6 is 11.6 Å². The maximum absolute atomic E-state index is 13.5. The van der Waals surface area contributed by atoms with Gasteiger partial charge in [0.05, 0.1) is 11.1 Å². The van der Waals surface area contributed by atoms with Crippen molar-refractivity contribution in [3.8, 4) is 22.6 Å². The fraction of sp³-hybridized carbons (Fsp3) is 0.344. The molecule has 5 rings (SSSR count). The Bertz CT molecular complexity index is 1470. The van der Waals surface area contributed by atoms with Crippen LogP contribution in [-0.4, -0.2) is 55.2 Å². The van der Waals surface area contributed by atoms with Crippen LogP contribution in [-0.2, 0) is 13.0 Å². The van der Waals surface area contributed by atoms with Crippen LogP contribution in [0, 0.1) is 0 Å². The van der Waals surface area contributed by atoms with E-state index < -0.39 is 5.63 Å². The maximum atomic E-state index is 13.5. The lowest BCUT2D eigenvalue weighted by atomic mass is 9.92. The molecule has 1 saturated heterocycles. The molecule has 3 aromatic carbocycles. The standard InChI is InChI=1S/C32H35ClN2O4/c1-34(2)21-28-29(36)15-14-26-27(30(32(37)39-31(26)28)23-8-10-24(33)11-9-23)20-22-6-12-25(13-7-22)38-19-18-35-16-4-3-5-17-35/h6-15,36H,3-5,16-21H2,1-2H3. The van der Waals surface area contributed by atoms with E-state index in [0.29, 0.717) is 41.3 Å². The van der Waals surface area contributed by atoms with Crippen molar-refractivity contribution < 1.29 is 14.3 Å². The number of likely N-dealkylation sites (tertiary alicyclic amines) is 1. The highest BCUT2D eigenvalue weighted by molar-refractivity contribution is 6.30. The molecule has 0 spiro atoms. The van der Waals surface area contributed by atoms with Gasteiger partial charge in [-0.05, 0) is 99.5 Å². The third-order valence-electron chi connectivity index (χ3n) is 7.30. The highest BCUT2D eigenvalue weighted by atomic mass is 35.5. The molecule has 1 N–H and O–H groups in total. The van der Waals surface area contributed by atoms with E-state index in [1.807, 2.05) is 61.5 Å². The van der Waals surface area contributed by atoms with Crippen molar-refractivity contribution >= 4 is 22.6 Å². The van der Waals surface area contributed by atoms with Crippen LogP contribution in [0.3, 0.4) is 0 Å². The lowest BCUT2D eigenvalue weighted by molar-refractivity contribution is 0.183. The lowest BCUT2D eigenvalue weighted by Gasteiger charge is -2.26. The van der Waals surface area contributed by atoms with E-state index in [4.69, 9.17) is 20.8 Å². The SMILES string of the molecule is CN(C)Cc1c(O)ccc2c(Cc3ccc(OCCN4CCCCC4)cc3)c(-c3ccc(Cl)cc3)c(=O)oc12. The molecule has 39 heavy (non-hydrogen) atoms. The number of fused-ring (bicyclic) bond motifs is 1. The first-order valence-corrected chi connectivity index (χ1v) is 13.9. The number of halogens is 1. The number of aromatic hydroxyl groups is 1. The minimum atomic E-state index is -0.442. The molecule has 1 aliphatic rings. The van der Waals surface area contributed by atoms with Crippen molar-refractivity contribution in [2.45, 2.75) is 32.2 Å². The number of phenols is 1. The van der Waals surface area contributed by atoms with Crippen LogP contribution < -0.4 is 10.4 Å². The lowest BCUT2D eigenvalue weighted by Crippen LogP contribution is -2.33. The second-order valence-corrected chi connectivity index (χ2v) is 10.9. The largest absolute Gasteiger partial charge is 0.507 e. The summed E-state index contributed by atoms with van der Waals surface area (Å²) in [5.41, 5.74) is 3.70. The second kappa shape index (κ2) is 12.2. The summed E-state index contributed by atoms with van der Waals surface area (Å²) >= 11 is 6.14. The predicted molar refractivity (Wildman–Crippen MR) is 157 cm³/mol. The fourth-order valence-electron chi connectivity index (χ4n) is 5.32. The van der Waals surface area contributed by atoms with Crippen molar-refractivity contribution in [1.29, 1.82) is 0 Å². The first kappa shape index (κ1) is 27.3. The number of phenolic OH excluding ortho intramolecular Hbond substituents is 1. The third kappa shape index (κ3) is 6.47. The van der Waals surface area contributed by atoms with Crippen molar-refractivity contribution in [3.63, 3.8) is 0 Å². The number of nitrogens with zero attached hydrogens (tertiary/aromatic N) is 2. The van der Waals surface area contributed by atoms with E-state index in [-0.39, 0.29) is 5.75 Å². The molecular formula is C32H35ClN2O4. The molecule has 0 saturated carbocycles. The van der Waals surface area contributed by atoms with Crippen molar-refractivity contribution in [2.24, 2.45) is 0 Å². The van der Waals surface area contributed by atoms with Gasteiger partial charge in [0, 0.05) is 23.5 Å². The first-order chi connectivity index (χ1) is 18.9. The highest BCUT2D eigenvalue weighted by Gasteiger charge is 2.21. The Labute approximate surface area is 234 Å². The van der Waals surface area contributed by atoms with Gasteiger partial charge < -0.3 is 19.2 Å². The molecule has 2 heterocycles. The number of piperidine rings is 1. The number of rotatable bonds is 9. The summed E-state index contributed by atoms with van der Waals surface area (Å²) in [7, 11) is 3.82. The molecule has 6 nitrogen and oxygen atoms in total. The van der Waals surface area contributed by atoms with Gasteiger partial charge in [-0.1, -0.05) is 42.3 Å². The van der Waals surface area contributed by atoms with Gasteiger partial charge in [0.25, 0.3) is 0 Å². The monoisotopic (exact) mass is 546 g/mol. The Balaban J connectivity index is 1.48. The Kier molecular flexibility index (Phi) is 8.56. The highest BCUT2D eigenvalue weighted by Crippen LogP contribution is 2.35. The molecule has 0 bridgehead atoms. The summed E-state index contributed by atoms with van der Waals surface area (Å²) < 4.78 is 11.9. The molecule has 1 aromatic heterocycles. The van der Waals surface area contributed by atoms with Gasteiger partial charge in [0.1, 0.15) is 23.7 Å². The maximum Gasteiger partial charge on any atom is 0.344 e. The topological polar surface area (TPSA) is 66.2 Å². The molecule has 0 atom stereocenters. The van der Waals surface area contributed by atoms with Gasteiger partial charge in [-0.2, -0.15) is 0 Å². The van der Waals surface area contributed by atoms with Crippen LogP contribution in [0.15, 0.2) is 69.9 Å². The van der Waals surface area contributed by atoms with E-state index in [1.165, 1.54) is 19.3 Å². The van der Waals surface area contributed by atoms with Gasteiger partial charge in [-0.15, -0.1) is 0 Å². The Morgan fingerprint density at radius 3 is 2.36 bits per heavy atom. The van der Waals surface area contributed by atoms with Crippen LogP contribution in [0.5, 0.6) is 11.5 Å². The Morgan fingerprint density at radius 2 is 1.67 bits per heavy atom. The van der Waals surface area contributed by atoms with Crippen LogP contribution in [0.25, 0.3) is 22.1 Å². The summed E-state index contributed by atoms with van der Waals surface area (Å²) in [4.78, 5) is 17.9. The molecule has 1 fully saturated rings. The number of hydrogen-bond donors (Lipinski definition) is 1. The summed E-state index contributed by atoms with van der Waals surface area (Å²) in [5.74, 6) is 0.944. The average molecular weight is 547 g/mol. The van der Waals surface area contributed by atoms with E-state index in [1.54, 1.807) is 18.2 Å². The van der Waals surface area contributed by atoms with Crippen LogP contribution in [0.2, 0.25) is 5.02 Å². The Hall–Kier alpha value is -3.32.